The molecule has 1 aliphatic rings. The van der Waals surface area contributed by atoms with Crippen LogP contribution in [0.5, 0.6) is 0 Å². The minimum Gasteiger partial charge on any atom is -0.327 e. The molecule has 1 aromatic carbocycles. The maximum absolute atomic E-state index is 13.1. The summed E-state index contributed by atoms with van der Waals surface area (Å²) < 4.78 is 13.1. The van der Waals surface area contributed by atoms with Crippen molar-refractivity contribution in [1.82, 2.24) is 4.90 Å². The van der Waals surface area contributed by atoms with Gasteiger partial charge in [0, 0.05) is 18.6 Å². The van der Waals surface area contributed by atoms with E-state index in [9.17, 15) is 4.39 Å². The smallest absolute Gasteiger partial charge is 0.123 e. The minimum atomic E-state index is -0.144. The quantitative estimate of drug-likeness (QED) is 0.892. The maximum Gasteiger partial charge on any atom is 0.123 e. The minimum absolute atomic E-state index is 0.144. The first-order chi connectivity index (χ1) is 8.58. The van der Waals surface area contributed by atoms with Gasteiger partial charge in [0.2, 0.25) is 0 Å². The second kappa shape index (κ2) is 5.81. The topological polar surface area (TPSA) is 29.3 Å². The Hall–Kier alpha value is -0.930. The van der Waals surface area contributed by atoms with Gasteiger partial charge >= 0.3 is 0 Å². The summed E-state index contributed by atoms with van der Waals surface area (Å²) in [4.78, 5) is 2.47. The molecule has 1 aromatic rings. The molecule has 3 unspecified atom stereocenters. The van der Waals surface area contributed by atoms with Crippen molar-refractivity contribution in [3.63, 3.8) is 0 Å². The molecule has 0 saturated carbocycles. The van der Waals surface area contributed by atoms with Gasteiger partial charge in [-0.25, -0.2) is 4.39 Å². The predicted octanol–water partition coefficient (Wildman–Crippen LogP) is 2.43. The molecule has 3 atom stereocenters. The molecule has 1 fully saturated rings. The molecule has 2 N–H and O–H groups in total. The molecule has 100 valence electrons. The van der Waals surface area contributed by atoms with Crippen LogP contribution in [0, 0.1) is 11.7 Å². The number of likely N-dealkylation sites (tertiary alicyclic amines) is 1. The third-order valence-electron chi connectivity index (χ3n) is 4.34. The average molecular weight is 250 g/mol. The summed E-state index contributed by atoms with van der Waals surface area (Å²) in [5.41, 5.74) is 7.16. The summed E-state index contributed by atoms with van der Waals surface area (Å²) in [5.74, 6) is 0.390. The molecule has 1 saturated heterocycles. The van der Waals surface area contributed by atoms with Crippen LogP contribution < -0.4 is 5.73 Å². The summed E-state index contributed by atoms with van der Waals surface area (Å²) in [6.45, 7) is 6.52. The summed E-state index contributed by atoms with van der Waals surface area (Å²) in [6.07, 6.45) is 1.97. The Morgan fingerprint density at radius 1 is 1.39 bits per heavy atom. The van der Waals surface area contributed by atoms with Crippen LogP contribution >= 0.6 is 0 Å². The normalized spacial score (nSPS) is 29.4. The molecule has 0 radical (unpaired) electrons. The molecule has 0 bridgehead atoms. The summed E-state index contributed by atoms with van der Waals surface area (Å²) >= 11 is 0. The molecular formula is C15H23FN2. The molecule has 1 heterocycles. The third kappa shape index (κ3) is 3.09. The predicted molar refractivity (Wildman–Crippen MR) is 72.9 cm³/mol. The van der Waals surface area contributed by atoms with Crippen LogP contribution in [0.25, 0.3) is 0 Å². The van der Waals surface area contributed by atoms with Crippen molar-refractivity contribution < 1.29 is 4.39 Å². The largest absolute Gasteiger partial charge is 0.327 e. The number of benzene rings is 1. The van der Waals surface area contributed by atoms with Crippen molar-refractivity contribution in [1.29, 1.82) is 0 Å². The van der Waals surface area contributed by atoms with Crippen LogP contribution in [-0.4, -0.2) is 30.1 Å². The Morgan fingerprint density at radius 2 is 2.17 bits per heavy atom. The molecule has 3 heteroatoms. The Labute approximate surface area is 109 Å². The molecule has 0 aromatic heterocycles. The van der Waals surface area contributed by atoms with E-state index < -0.39 is 0 Å². The highest BCUT2D eigenvalue weighted by molar-refractivity contribution is 5.16. The summed E-state index contributed by atoms with van der Waals surface area (Å²) in [6, 6.07) is 7.74. The Bertz CT molecular complexity index is 394. The van der Waals surface area contributed by atoms with Gasteiger partial charge in [0.15, 0.2) is 0 Å². The van der Waals surface area contributed by atoms with Crippen molar-refractivity contribution in [2.75, 3.05) is 13.1 Å². The Morgan fingerprint density at radius 3 is 2.89 bits per heavy atom. The van der Waals surface area contributed by atoms with E-state index in [-0.39, 0.29) is 5.82 Å². The molecule has 18 heavy (non-hydrogen) atoms. The van der Waals surface area contributed by atoms with Crippen LogP contribution in [0.15, 0.2) is 24.3 Å². The second-order valence-electron chi connectivity index (χ2n) is 5.47. The van der Waals surface area contributed by atoms with Crippen molar-refractivity contribution in [3.05, 3.63) is 35.6 Å². The highest BCUT2D eigenvalue weighted by atomic mass is 19.1. The fraction of sp³-hybridized carbons (Fsp3) is 0.600. The summed E-state index contributed by atoms with van der Waals surface area (Å²) in [7, 11) is 0. The van der Waals surface area contributed by atoms with E-state index in [1.807, 2.05) is 6.07 Å². The lowest BCUT2D eigenvalue weighted by Gasteiger charge is -2.41. The third-order valence-corrected chi connectivity index (χ3v) is 4.34. The molecule has 2 rings (SSSR count). The van der Waals surface area contributed by atoms with Crippen molar-refractivity contribution in [2.45, 2.75) is 38.8 Å². The Balaban J connectivity index is 1.90. The van der Waals surface area contributed by atoms with Crippen LogP contribution in [0.4, 0.5) is 4.39 Å². The average Bonchev–Trinajstić information content (AvgIpc) is 2.35. The van der Waals surface area contributed by atoms with E-state index in [1.165, 1.54) is 6.07 Å². The highest BCUT2D eigenvalue weighted by Crippen LogP contribution is 2.22. The van der Waals surface area contributed by atoms with E-state index in [1.54, 1.807) is 12.1 Å². The van der Waals surface area contributed by atoms with Crippen LogP contribution in [0.2, 0.25) is 0 Å². The van der Waals surface area contributed by atoms with Crippen LogP contribution in [-0.2, 0) is 6.42 Å². The number of nitrogens with two attached hydrogens (primary N) is 1. The first kappa shape index (κ1) is 13.5. The first-order valence-corrected chi connectivity index (χ1v) is 6.82. The van der Waals surface area contributed by atoms with Crippen molar-refractivity contribution >= 4 is 0 Å². The Kier molecular flexibility index (Phi) is 4.36. The molecular weight excluding hydrogens is 227 g/mol. The van der Waals surface area contributed by atoms with Crippen molar-refractivity contribution in [2.24, 2.45) is 11.7 Å². The zero-order chi connectivity index (χ0) is 13.1. The van der Waals surface area contributed by atoms with Gasteiger partial charge in [0.25, 0.3) is 0 Å². The van der Waals surface area contributed by atoms with Crippen LogP contribution in [0.1, 0.15) is 25.8 Å². The fourth-order valence-electron chi connectivity index (χ4n) is 2.75. The van der Waals surface area contributed by atoms with E-state index >= 15 is 0 Å². The van der Waals surface area contributed by atoms with Gasteiger partial charge in [-0.3, -0.25) is 4.90 Å². The van der Waals surface area contributed by atoms with Gasteiger partial charge in [-0.15, -0.1) is 0 Å². The number of nitrogens with zero attached hydrogens (tertiary/aromatic N) is 1. The molecule has 0 amide bonds. The van der Waals surface area contributed by atoms with E-state index in [4.69, 9.17) is 5.73 Å². The lowest BCUT2D eigenvalue weighted by atomic mass is 9.87. The van der Waals surface area contributed by atoms with E-state index in [0.29, 0.717) is 18.0 Å². The van der Waals surface area contributed by atoms with Gasteiger partial charge in [-0.1, -0.05) is 19.1 Å². The number of hydrogen-bond donors (Lipinski definition) is 1. The van der Waals surface area contributed by atoms with E-state index in [0.717, 1.165) is 31.5 Å². The first-order valence-electron chi connectivity index (χ1n) is 6.82. The lowest BCUT2D eigenvalue weighted by Crippen LogP contribution is -2.52. The van der Waals surface area contributed by atoms with Gasteiger partial charge in [0.05, 0.1) is 0 Å². The zero-order valence-corrected chi connectivity index (χ0v) is 11.3. The van der Waals surface area contributed by atoms with E-state index in [2.05, 4.69) is 18.7 Å². The van der Waals surface area contributed by atoms with Gasteiger partial charge in [-0.2, -0.15) is 0 Å². The molecule has 0 aliphatic carbocycles. The highest BCUT2D eigenvalue weighted by Gasteiger charge is 2.29. The standard InChI is InChI=1S/C15H23FN2/c1-11-12(2)18(9-7-15(11)17)8-6-13-4-3-5-14(16)10-13/h3-5,10-12,15H,6-9,17H2,1-2H3. The SMILES string of the molecule is CC1C(N)CCN(CCc2cccc(F)c2)C1C. The second-order valence-corrected chi connectivity index (χ2v) is 5.47. The fourth-order valence-corrected chi connectivity index (χ4v) is 2.75. The number of rotatable bonds is 3. The monoisotopic (exact) mass is 250 g/mol. The number of halogens is 1. The van der Waals surface area contributed by atoms with Crippen molar-refractivity contribution in [3.8, 4) is 0 Å². The lowest BCUT2D eigenvalue weighted by molar-refractivity contribution is 0.0992. The molecule has 0 spiro atoms. The molecule has 1 aliphatic heterocycles. The zero-order valence-electron chi connectivity index (χ0n) is 11.3. The van der Waals surface area contributed by atoms with Gasteiger partial charge in [-0.05, 0) is 49.9 Å². The van der Waals surface area contributed by atoms with Gasteiger partial charge in [0.1, 0.15) is 5.82 Å². The molecule has 2 nitrogen and oxygen atoms in total. The van der Waals surface area contributed by atoms with Crippen LogP contribution in [0.3, 0.4) is 0 Å². The maximum atomic E-state index is 13.1. The van der Waals surface area contributed by atoms with Gasteiger partial charge < -0.3 is 5.73 Å². The number of piperidine rings is 1. The summed E-state index contributed by atoms with van der Waals surface area (Å²) in [5, 5.41) is 0. The number of hydrogen-bond acceptors (Lipinski definition) is 2.